The third-order valence-corrected chi connectivity index (χ3v) is 3.93. The molecule has 0 aromatic rings. The molecule has 18 heavy (non-hydrogen) atoms. The van der Waals surface area contributed by atoms with Crippen LogP contribution in [-0.2, 0) is 38.7 Å². The Kier molecular flexibility index (Phi) is 3.22. The summed E-state index contributed by atoms with van der Waals surface area (Å²) in [6.45, 7) is 3.85. The summed E-state index contributed by atoms with van der Waals surface area (Å²) in [7, 11) is 1.57. The Morgan fingerprint density at radius 2 is 2.06 bits per heavy atom. The number of hydrogen-bond acceptors (Lipinski definition) is 7. The van der Waals surface area contributed by atoms with Crippen LogP contribution in [0.15, 0.2) is 0 Å². The Balaban J connectivity index is 1.74. The van der Waals surface area contributed by atoms with Gasteiger partial charge in [0.1, 0.15) is 24.4 Å². The lowest BCUT2D eigenvalue weighted by atomic mass is 10.1. The van der Waals surface area contributed by atoms with Crippen LogP contribution in [-0.4, -0.2) is 54.4 Å². The second kappa shape index (κ2) is 4.48. The maximum absolute atomic E-state index is 11.1. The lowest BCUT2D eigenvalue weighted by molar-refractivity contribution is -0.224. The van der Waals surface area contributed by atoms with E-state index < -0.39 is 35.6 Å². The first-order chi connectivity index (χ1) is 8.50. The minimum Gasteiger partial charge on any atom is -0.376 e. The molecule has 3 saturated heterocycles. The Morgan fingerprint density at radius 3 is 2.67 bits per heavy atom. The van der Waals surface area contributed by atoms with Crippen molar-refractivity contribution in [3.63, 3.8) is 0 Å². The van der Waals surface area contributed by atoms with Gasteiger partial charge in [0.15, 0.2) is 12.1 Å². The van der Waals surface area contributed by atoms with Gasteiger partial charge >= 0.3 is 11.4 Å². The topological polar surface area (TPSA) is 72.5 Å². The molecule has 3 fully saturated rings. The van der Waals surface area contributed by atoms with E-state index in [4.69, 9.17) is 27.3 Å². The maximum Gasteiger partial charge on any atom is 0.305 e. The van der Waals surface area contributed by atoms with E-state index >= 15 is 0 Å². The van der Waals surface area contributed by atoms with Gasteiger partial charge in [0, 0.05) is 7.11 Å². The van der Waals surface area contributed by atoms with Gasteiger partial charge in [-0.1, -0.05) is 0 Å². The van der Waals surface area contributed by atoms with Crippen LogP contribution in [0.4, 0.5) is 0 Å². The first-order valence-corrected chi connectivity index (χ1v) is 6.76. The molecular weight excluding hydrogens is 264 g/mol. The zero-order valence-electron chi connectivity index (χ0n) is 10.4. The Hall–Kier alpha value is -0.0900. The molecule has 3 aliphatic heterocycles. The number of hydrogen-bond donors (Lipinski definition) is 0. The van der Waals surface area contributed by atoms with Crippen LogP contribution in [0.5, 0.6) is 0 Å². The van der Waals surface area contributed by atoms with Crippen molar-refractivity contribution in [2.75, 3.05) is 13.7 Å². The molecule has 6 atom stereocenters. The van der Waals surface area contributed by atoms with Crippen LogP contribution >= 0.6 is 0 Å². The van der Waals surface area contributed by atoms with Crippen molar-refractivity contribution in [3.8, 4) is 0 Å². The van der Waals surface area contributed by atoms with Crippen LogP contribution in [0.25, 0.3) is 0 Å². The van der Waals surface area contributed by atoms with Crippen molar-refractivity contribution in [2.45, 2.75) is 50.3 Å². The lowest BCUT2D eigenvalue weighted by Crippen LogP contribution is -2.43. The minimum absolute atomic E-state index is 0.208. The summed E-state index contributed by atoms with van der Waals surface area (Å²) >= 11 is -1.70. The number of fused-ring (bicyclic) bond motifs is 1. The summed E-state index contributed by atoms with van der Waals surface area (Å²) in [6, 6.07) is 0. The summed E-state index contributed by atoms with van der Waals surface area (Å²) < 4.78 is 43.6. The summed E-state index contributed by atoms with van der Waals surface area (Å²) in [4.78, 5) is 0. The van der Waals surface area contributed by atoms with E-state index in [2.05, 4.69) is 0 Å². The molecule has 3 heterocycles. The summed E-state index contributed by atoms with van der Waals surface area (Å²) in [5, 5.41) is 0. The third-order valence-electron chi connectivity index (χ3n) is 3.20. The lowest BCUT2D eigenvalue weighted by Gasteiger charge is -2.26. The fourth-order valence-electron chi connectivity index (χ4n) is 2.50. The van der Waals surface area contributed by atoms with Gasteiger partial charge in [0.25, 0.3) is 0 Å². The SMILES string of the molecule is CO[C@@H]1[C@H]2OC(C)(C)O[C@H]2O[C@@H]1[C@H]1COS(=O)O1. The van der Waals surface area contributed by atoms with Gasteiger partial charge in [0.2, 0.25) is 0 Å². The zero-order chi connectivity index (χ0) is 12.9. The van der Waals surface area contributed by atoms with Gasteiger partial charge in [0.05, 0.1) is 6.61 Å². The van der Waals surface area contributed by atoms with E-state index in [9.17, 15) is 4.21 Å². The Morgan fingerprint density at radius 1 is 1.28 bits per heavy atom. The van der Waals surface area contributed by atoms with Crippen molar-refractivity contribution >= 4 is 11.4 Å². The molecule has 1 unspecified atom stereocenters. The van der Waals surface area contributed by atoms with E-state index in [0.717, 1.165) is 0 Å². The monoisotopic (exact) mass is 280 g/mol. The summed E-state index contributed by atoms with van der Waals surface area (Å²) in [6.07, 6.45) is -1.98. The smallest absolute Gasteiger partial charge is 0.305 e. The molecule has 0 aliphatic carbocycles. The molecule has 0 aromatic carbocycles. The standard InChI is InChI=1S/C10H16O7S/c1-10(2)15-8-7(12-3)6(14-9(8)16-10)5-4-13-18(11)17-5/h5-9H,4H2,1-3H3/t5-,6-,7+,8-,9-,18?/m1/s1. The van der Waals surface area contributed by atoms with E-state index in [1.54, 1.807) is 7.11 Å². The van der Waals surface area contributed by atoms with Gasteiger partial charge in [-0.2, -0.15) is 4.21 Å². The van der Waals surface area contributed by atoms with Gasteiger partial charge in [-0.15, -0.1) is 0 Å². The molecule has 0 amide bonds. The molecular formula is C10H16O7S. The fraction of sp³-hybridized carbons (Fsp3) is 1.00. The molecule has 0 aromatic heterocycles. The molecule has 3 aliphatic rings. The zero-order valence-corrected chi connectivity index (χ0v) is 11.2. The maximum atomic E-state index is 11.1. The molecule has 0 N–H and O–H groups in total. The second-order valence-corrected chi connectivity index (χ2v) is 5.73. The van der Waals surface area contributed by atoms with E-state index in [1.165, 1.54) is 0 Å². The average molecular weight is 280 g/mol. The van der Waals surface area contributed by atoms with Crippen molar-refractivity contribution in [1.82, 2.24) is 0 Å². The predicted octanol–water partition coefficient (Wildman–Crippen LogP) is -0.128. The molecule has 3 rings (SSSR count). The number of methoxy groups -OCH3 is 1. The van der Waals surface area contributed by atoms with E-state index in [0.29, 0.717) is 0 Å². The Bertz CT molecular complexity index is 360. The highest BCUT2D eigenvalue weighted by Crippen LogP contribution is 2.40. The van der Waals surface area contributed by atoms with Gasteiger partial charge in [-0.05, 0) is 13.8 Å². The first-order valence-electron chi connectivity index (χ1n) is 5.76. The van der Waals surface area contributed by atoms with Gasteiger partial charge < -0.3 is 18.9 Å². The highest BCUT2D eigenvalue weighted by Gasteiger charge is 2.58. The predicted molar refractivity (Wildman–Crippen MR) is 58.5 cm³/mol. The molecule has 0 saturated carbocycles. The average Bonchev–Trinajstić information content (AvgIpc) is 2.89. The molecule has 8 heteroatoms. The second-order valence-electron chi connectivity index (χ2n) is 4.89. The van der Waals surface area contributed by atoms with Crippen molar-refractivity contribution in [1.29, 1.82) is 0 Å². The normalized spacial score (nSPS) is 50.6. The number of rotatable bonds is 2. The molecule has 0 radical (unpaired) electrons. The van der Waals surface area contributed by atoms with Crippen LogP contribution in [0.3, 0.4) is 0 Å². The van der Waals surface area contributed by atoms with Crippen molar-refractivity contribution in [3.05, 3.63) is 0 Å². The van der Waals surface area contributed by atoms with E-state index in [1.807, 2.05) is 13.8 Å². The van der Waals surface area contributed by atoms with Crippen LogP contribution in [0, 0.1) is 0 Å². The quantitative estimate of drug-likeness (QED) is 0.697. The van der Waals surface area contributed by atoms with Crippen molar-refractivity contribution in [2.24, 2.45) is 0 Å². The minimum atomic E-state index is -1.70. The molecule has 7 nitrogen and oxygen atoms in total. The summed E-state index contributed by atoms with van der Waals surface area (Å²) in [5.41, 5.74) is 0. The van der Waals surface area contributed by atoms with Crippen molar-refractivity contribution < 1.29 is 31.5 Å². The van der Waals surface area contributed by atoms with Gasteiger partial charge in [-0.25, -0.2) is 0 Å². The number of ether oxygens (including phenoxy) is 4. The van der Waals surface area contributed by atoms with Gasteiger partial charge in [-0.3, -0.25) is 8.37 Å². The van der Waals surface area contributed by atoms with E-state index in [-0.39, 0.29) is 18.8 Å². The third kappa shape index (κ3) is 2.11. The Labute approximate surface area is 107 Å². The first kappa shape index (κ1) is 12.9. The van der Waals surface area contributed by atoms with Crippen LogP contribution in [0.1, 0.15) is 13.8 Å². The molecule has 0 bridgehead atoms. The molecule has 104 valence electrons. The highest BCUT2D eigenvalue weighted by molar-refractivity contribution is 7.75. The van der Waals surface area contributed by atoms with Crippen LogP contribution in [0.2, 0.25) is 0 Å². The summed E-state index contributed by atoms with van der Waals surface area (Å²) in [5.74, 6) is -0.688. The fourth-order valence-corrected chi connectivity index (χ4v) is 3.17. The largest absolute Gasteiger partial charge is 0.376 e. The van der Waals surface area contributed by atoms with Crippen LogP contribution < -0.4 is 0 Å². The molecule has 0 spiro atoms. The highest BCUT2D eigenvalue weighted by atomic mass is 32.2.